The second-order valence-electron chi connectivity index (χ2n) is 6.07. The van der Waals surface area contributed by atoms with Crippen molar-refractivity contribution in [1.82, 2.24) is 20.1 Å². The minimum absolute atomic E-state index is 0.0725. The molecule has 3 rings (SSSR count). The Kier molecular flexibility index (Phi) is 3.81. The molecule has 1 amide bonds. The van der Waals surface area contributed by atoms with Crippen LogP contribution in [0, 0.1) is 11.8 Å². The largest absolute Gasteiger partial charge is 0.390 e. The number of aromatic nitrogens is 3. The minimum atomic E-state index is -0.654. The van der Waals surface area contributed by atoms with E-state index in [1.54, 1.807) is 0 Å². The van der Waals surface area contributed by atoms with Crippen molar-refractivity contribution >= 4 is 11.9 Å². The van der Waals surface area contributed by atoms with Crippen LogP contribution in [0.2, 0.25) is 0 Å². The van der Waals surface area contributed by atoms with E-state index in [4.69, 9.17) is 5.73 Å². The number of rotatable bonds is 3. The summed E-state index contributed by atoms with van der Waals surface area (Å²) in [6.07, 6.45) is 0.693. The lowest BCUT2D eigenvalue weighted by molar-refractivity contribution is -0.130. The van der Waals surface area contributed by atoms with Crippen LogP contribution < -0.4 is 5.73 Å². The standard InChI is InChI=1S/C13H21N5O3/c14-13-15-11(16-17-13)1-2-12(21)18-5-7-3-9(19)10(20)4-8(7)6-18/h7-10,19-20H,1-6H2,(H3,14,15,16,17)/t7-,8+,9-,10-/m0/s1. The highest BCUT2D eigenvalue weighted by atomic mass is 16.3. The van der Waals surface area contributed by atoms with Gasteiger partial charge in [0.2, 0.25) is 11.9 Å². The monoisotopic (exact) mass is 295 g/mol. The van der Waals surface area contributed by atoms with Gasteiger partial charge in [-0.25, -0.2) is 0 Å². The third kappa shape index (κ3) is 3.01. The Morgan fingerprint density at radius 1 is 1.29 bits per heavy atom. The van der Waals surface area contributed by atoms with Crippen LogP contribution in [0.5, 0.6) is 0 Å². The van der Waals surface area contributed by atoms with Crippen LogP contribution in [0.15, 0.2) is 0 Å². The molecule has 4 atom stereocenters. The van der Waals surface area contributed by atoms with E-state index in [-0.39, 0.29) is 11.9 Å². The van der Waals surface area contributed by atoms with Gasteiger partial charge < -0.3 is 20.8 Å². The summed E-state index contributed by atoms with van der Waals surface area (Å²) in [4.78, 5) is 18.0. The summed E-state index contributed by atoms with van der Waals surface area (Å²) in [6, 6.07) is 0. The molecule has 0 unspecified atom stereocenters. The lowest BCUT2D eigenvalue weighted by Gasteiger charge is -2.31. The molecule has 8 nitrogen and oxygen atoms in total. The number of aromatic amines is 1. The molecule has 1 aliphatic carbocycles. The Bertz CT molecular complexity index is 502. The van der Waals surface area contributed by atoms with Crippen molar-refractivity contribution in [1.29, 1.82) is 0 Å². The third-order valence-electron chi connectivity index (χ3n) is 4.59. The van der Waals surface area contributed by atoms with Gasteiger partial charge in [-0.15, -0.1) is 5.10 Å². The van der Waals surface area contributed by atoms with Crippen LogP contribution in [0.25, 0.3) is 0 Å². The number of nitrogens with zero attached hydrogens (tertiary/aromatic N) is 3. The molecular weight excluding hydrogens is 274 g/mol. The molecule has 1 aromatic heterocycles. The Hall–Kier alpha value is -1.67. The first-order valence-corrected chi connectivity index (χ1v) is 7.33. The molecule has 0 aromatic carbocycles. The molecule has 2 heterocycles. The van der Waals surface area contributed by atoms with E-state index < -0.39 is 12.2 Å². The first kappa shape index (κ1) is 14.3. The molecule has 2 fully saturated rings. The molecule has 1 saturated heterocycles. The molecule has 0 bridgehead atoms. The maximum atomic E-state index is 12.2. The summed E-state index contributed by atoms with van der Waals surface area (Å²) in [6.45, 7) is 1.34. The zero-order valence-corrected chi connectivity index (χ0v) is 11.8. The zero-order valence-electron chi connectivity index (χ0n) is 11.8. The number of H-pyrrole nitrogens is 1. The lowest BCUT2D eigenvalue weighted by atomic mass is 9.79. The van der Waals surface area contributed by atoms with E-state index in [1.165, 1.54) is 0 Å². The number of nitrogen functional groups attached to an aromatic ring is 1. The van der Waals surface area contributed by atoms with Gasteiger partial charge in [0.1, 0.15) is 5.82 Å². The smallest absolute Gasteiger partial charge is 0.239 e. The van der Waals surface area contributed by atoms with Crippen LogP contribution >= 0.6 is 0 Å². The number of aliphatic hydroxyl groups is 2. The maximum Gasteiger partial charge on any atom is 0.239 e. The van der Waals surface area contributed by atoms with Crippen molar-refractivity contribution in [3.63, 3.8) is 0 Å². The number of aliphatic hydroxyl groups excluding tert-OH is 2. The number of nitrogens with one attached hydrogen (secondary N) is 1. The molecule has 21 heavy (non-hydrogen) atoms. The quantitative estimate of drug-likeness (QED) is 0.561. The van der Waals surface area contributed by atoms with E-state index in [2.05, 4.69) is 15.2 Å². The predicted octanol–water partition coefficient (Wildman–Crippen LogP) is -1.09. The van der Waals surface area contributed by atoms with Gasteiger partial charge in [-0.05, 0) is 24.7 Å². The summed E-state index contributed by atoms with van der Waals surface area (Å²) in [5.41, 5.74) is 5.42. The predicted molar refractivity (Wildman–Crippen MR) is 73.9 cm³/mol. The van der Waals surface area contributed by atoms with Gasteiger partial charge in [0, 0.05) is 25.9 Å². The topological polar surface area (TPSA) is 128 Å². The average Bonchev–Trinajstić information content (AvgIpc) is 3.03. The van der Waals surface area contributed by atoms with Crippen molar-refractivity contribution in [2.75, 3.05) is 18.8 Å². The van der Waals surface area contributed by atoms with E-state index in [0.29, 0.717) is 56.4 Å². The summed E-state index contributed by atoms with van der Waals surface area (Å²) in [7, 11) is 0. The van der Waals surface area contributed by atoms with Gasteiger partial charge >= 0.3 is 0 Å². The van der Waals surface area contributed by atoms with E-state index in [0.717, 1.165) is 0 Å². The van der Waals surface area contributed by atoms with Crippen LogP contribution in [0.1, 0.15) is 25.1 Å². The molecule has 0 spiro atoms. The number of hydrogen-bond donors (Lipinski definition) is 4. The first-order valence-electron chi connectivity index (χ1n) is 7.33. The number of carbonyl (C=O) groups is 1. The van der Waals surface area contributed by atoms with Gasteiger partial charge in [0.25, 0.3) is 0 Å². The van der Waals surface area contributed by atoms with Crippen LogP contribution in [0.4, 0.5) is 5.95 Å². The average molecular weight is 295 g/mol. The van der Waals surface area contributed by atoms with Crippen LogP contribution in [-0.4, -0.2) is 61.5 Å². The van der Waals surface area contributed by atoms with Crippen LogP contribution in [0.3, 0.4) is 0 Å². The molecule has 116 valence electrons. The minimum Gasteiger partial charge on any atom is -0.390 e. The Balaban J connectivity index is 1.52. The van der Waals surface area contributed by atoms with Gasteiger partial charge in [-0.2, -0.15) is 4.98 Å². The number of likely N-dealkylation sites (tertiary alicyclic amines) is 1. The Morgan fingerprint density at radius 2 is 1.90 bits per heavy atom. The fourth-order valence-electron chi connectivity index (χ4n) is 3.42. The Labute approximate surface area is 122 Å². The van der Waals surface area contributed by atoms with Crippen molar-refractivity contribution in [2.24, 2.45) is 11.8 Å². The normalized spacial score (nSPS) is 32.2. The number of hydrogen-bond acceptors (Lipinski definition) is 6. The van der Waals surface area contributed by atoms with Crippen molar-refractivity contribution in [3.8, 4) is 0 Å². The second kappa shape index (κ2) is 5.61. The molecule has 0 radical (unpaired) electrons. The highest BCUT2D eigenvalue weighted by molar-refractivity contribution is 5.76. The fourth-order valence-corrected chi connectivity index (χ4v) is 3.42. The highest BCUT2D eigenvalue weighted by Crippen LogP contribution is 2.36. The molecule has 1 aromatic rings. The van der Waals surface area contributed by atoms with Gasteiger partial charge in [-0.1, -0.05) is 0 Å². The highest BCUT2D eigenvalue weighted by Gasteiger charge is 2.42. The number of aryl methyl sites for hydroxylation is 1. The van der Waals surface area contributed by atoms with Crippen molar-refractivity contribution < 1.29 is 15.0 Å². The van der Waals surface area contributed by atoms with E-state index >= 15 is 0 Å². The number of amides is 1. The summed E-state index contributed by atoms with van der Waals surface area (Å²) in [5.74, 6) is 1.47. The SMILES string of the molecule is Nc1n[nH]c(CCC(=O)N2C[C@H]3C[C@H](O)[C@@H](O)C[C@H]3C2)n1. The fraction of sp³-hybridized carbons (Fsp3) is 0.769. The molecule has 5 N–H and O–H groups in total. The number of nitrogens with two attached hydrogens (primary N) is 1. The van der Waals surface area contributed by atoms with E-state index in [1.807, 2.05) is 4.90 Å². The summed E-state index contributed by atoms with van der Waals surface area (Å²) in [5, 5.41) is 25.9. The summed E-state index contributed by atoms with van der Waals surface area (Å²) >= 11 is 0. The molecular formula is C13H21N5O3. The molecule has 8 heteroatoms. The van der Waals surface area contributed by atoms with Gasteiger partial charge in [0.05, 0.1) is 12.2 Å². The second-order valence-corrected chi connectivity index (χ2v) is 6.07. The van der Waals surface area contributed by atoms with Crippen molar-refractivity contribution in [2.45, 2.75) is 37.9 Å². The van der Waals surface area contributed by atoms with Gasteiger partial charge in [-0.3, -0.25) is 9.89 Å². The van der Waals surface area contributed by atoms with Crippen LogP contribution in [-0.2, 0) is 11.2 Å². The third-order valence-corrected chi connectivity index (χ3v) is 4.59. The Morgan fingerprint density at radius 3 is 2.43 bits per heavy atom. The molecule has 1 saturated carbocycles. The number of anilines is 1. The maximum absolute atomic E-state index is 12.2. The van der Waals surface area contributed by atoms with E-state index in [9.17, 15) is 15.0 Å². The zero-order chi connectivity index (χ0) is 15.0. The lowest BCUT2D eigenvalue weighted by Crippen LogP contribution is -2.38. The van der Waals surface area contributed by atoms with Gasteiger partial charge in [0.15, 0.2) is 0 Å². The molecule has 2 aliphatic rings. The molecule has 1 aliphatic heterocycles. The number of carbonyl (C=O) groups excluding carboxylic acids is 1. The summed E-state index contributed by atoms with van der Waals surface area (Å²) < 4.78 is 0. The first-order chi connectivity index (χ1) is 10.0. The number of fused-ring (bicyclic) bond motifs is 1. The van der Waals surface area contributed by atoms with Crippen molar-refractivity contribution in [3.05, 3.63) is 5.82 Å².